The van der Waals surface area contributed by atoms with Crippen molar-refractivity contribution in [3.8, 4) is 17.0 Å². The van der Waals surface area contributed by atoms with E-state index < -0.39 is 12.0 Å². The summed E-state index contributed by atoms with van der Waals surface area (Å²) in [5.74, 6) is -0.338. The Bertz CT molecular complexity index is 1520. The second kappa shape index (κ2) is 8.31. The van der Waals surface area contributed by atoms with Crippen LogP contribution < -0.4 is 10.3 Å². The average Bonchev–Trinajstić information content (AvgIpc) is 3.24. The molecule has 0 fully saturated rings. The van der Waals surface area contributed by atoms with Gasteiger partial charge in [0, 0.05) is 23.6 Å². The van der Waals surface area contributed by atoms with Crippen LogP contribution in [-0.4, -0.2) is 27.2 Å². The molecule has 0 radical (unpaired) electrons. The quantitative estimate of drug-likeness (QED) is 0.413. The fourth-order valence-electron chi connectivity index (χ4n) is 4.29. The Balaban J connectivity index is 1.79. The molecule has 0 aliphatic carbocycles. The molecular weight excluding hydrogens is 416 g/mol. The molecule has 2 heterocycles. The van der Waals surface area contributed by atoms with Crippen molar-refractivity contribution in [2.45, 2.75) is 12.5 Å². The van der Waals surface area contributed by atoms with Crippen LogP contribution in [-0.2, 0) is 11.2 Å². The third kappa shape index (κ3) is 3.65. The van der Waals surface area contributed by atoms with Crippen LogP contribution in [0.3, 0.4) is 0 Å². The molecule has 1 atom stereocenters. The Labute approximate surface area is 189 Å². The van der Waals surface area contributed by atoms with Crippen molar-refractivity contribution in [2.75, 3.05) is 7.11 Å². The van der Waals surface area contributed by atoms with Crippen LogP contribution in [0.5, 0.6) is 5.75 Å². The van der Waals surface area contributed by atoms with Gasteiger partial charge >= 0.3 is 5.97 Å². The molecule has 0 saturated heterocycles. The lowest BCUT2D eigenvalue weighted by Crippen LogP contribution is -2.32. The van der Waals surface area contributed by atoms with Crippen LogP contribution in [0.15, 0.2) is 95.9 Å². The fraction of sp³-hybridized carbons (Fsp3) is 0.111. The van der Waals surface area contributed by atoms with Crippen LogP contribution in [0.1, 0.15) is 11.6 Å². The van der Waals surface area contributed by atoms with Crippen molar-refractivity contribution in [3.05, 3.63) is 107 Å². The van der Waals surface area contributed by atoms with Gasteiger partial charge in [-0.1, -0.05) is 48.5 Å². The van der Waals surface area contributed by atoms with E-state index in [1.807, 2.05) is 89.3 Å². The van der Waals surface area contributed by atoms with E-state index in [1.165, 1.54) is 4.57 Å². The summed E-state index contributed by atoms with van der Waals surface area (Å²) >= 11 is 0. The molecule has 0 aliphatic rings. The largest absolute Gasteiger partial charge is 0.497 e. The van der Waals surface area contributed by atoms with Gasteiger partial charge in [0.25, 0.3) is 5.56 Å². The smallest absolute Gasteiger partial charge is 0.327 e. The van der Waals surface area contributed by atoms with Gasteiger partial charge in [-0.15, -0.1) is 0 Å². The first-order valence-electron chi connectivity index (χ1n) is 10.6. The fourth-order valence-corrected chi connectivity index (χ4v) is 4.29. The summed E-state index contributed by atoms with van der Waals surface area (Å²) in [6.07, 6.45) is 1.86. The molecule has 0 spiro atoms. The Morgan fingerprint density at radius 2 is 1.64 bits per heavy atom. The highest BCUT2D eigenvalue weighted by Gasteiger charge is 2.24. The van der Waals surface area contributed by atoms with Gasteiger partial charge in [0.2, 0.25) is 0 Å². The van der Waals surface area contributed by atoms with Crippen molar-refractivity contribution < 1.29 is 14.6 Å². The lowest BCUT2D eigenvalue weighted by molar-refractivity contribution is -0.141. The molecule has 0 saturated carbocycles. The number of benzene rings is 3. The number of aliphatic carboxylic acids is 1. The molecule has 33 heavy (non-hydrogen) atoms. The maximum absolute atomic E-state index is 13.6. The molecule has 2 aromatic heterocycles. The standard InChI is InChI=1S/C27H22N2O4/c1-33-21-13-11-19(12-14-21)25-17-28(24(27(31)32)15-18-7-3-2-4-8-18)26(30)23-16-20-9-5-6-10-22(20)29(23)25/h2-14,16-17,24H,15H2,1H3,(H,31,32). The monoisotopic (exact) mass is 438 g/mol. The molecule has 3 aromatic carbocycles. The summed E-state index contributed by atoms with van der Waals surface area (Å²) in [6.45, 7) is 0. The number of ether oxygens (including phenoxy) is 1. The third-order valence-electron chi connectivity index (χ3n) is 5.95. The number of nitrogens with zero attached hydrogens (tertiary/aromatic N) is 2. The topological polar surface area (TPSA) is 72.9 Å². The highest BCUT2D eigenvalue weighted by molar-refractivity contribution is 5.89. The normalized spacial score (nSPS) is 12.2. The van der Waals surface area contributed by atoms with E-state index in [0.29, 0.717) is 11.3 Å². The molecule has 6 nitrogen and oxygen atoms in total. The summed E-state index contributed by atoms with van der Waals surface area (Å²) in [6, 6.07) is 25.4. The van der Waals surface area contributed by atoms with Gasteiger partial charge in [-0.05, 0) is 42.0 Å². The highest BCUT2D eigenvalue weighted by Crippen LogP contribution is 2.29. The zero-order valence-electron chi connectivity index (χ0n) is 18.0. The number of carboxylic acids is 1. The highest BCUT2D eigenvalue weighted by atomic mass is 16.5. The van der Waals surface area contributed by atoms with Gasteiger partial charge in [-0.25, -0.2) is 4.79 Å². The number of carbonyl (C=O) groups is 1. The van der Waals surface area contributed by atoms with E-state index in [0.717, 1.165) is 27.7 Å². The molecule has 5 aromatic rings. The van der Waals surface area contributed by atoms with E-state index in [9.17, 15) is 14.7 Å². The first-order valence-corrected chi connectivity index (χ1v) is 10.6. The summed E-state index contributed by atoms with van der Waals surface area (Å²) in [5.41, 5.74) is 3.41. The van der Waals surface area contributed by atoms with E-state index >= 15 is 0 Å². The molecule has 164 valence electrons. The van der Waals surface area contributed by atoms with Gasteiger partial charge in [-0.2, -0.15) is 0 Å². The Morgan fingerprint density at radius 1 is 0.939 bits per heavy atom. The minimum atomic E-state index is -1.05. The zero-order valence-corrected chi connectivity index (χ0v) is 18.0. The maximum atomic E-state index is 13.6. The predicted molar refractivity (Wildman–Crippen MR) is 128 cm³/mol. The van der Waals surface area contributed by atoms with E-state index in [4.69, 9.17) is 4.74 Å². The summed E-state index contributed by atoms with van der Waals surface area (Å²) in [7, 11) is 1.61. The second-order valence-electron chi connectivity index (χ2n) is 7.92. The van der Waals surface area contributed by atoms with Crippen LogP contribution in [0.25, 0.3) is 27.7 Å². The molecule has 6 heteroatoms. The molecule has 0 bridgehead atoms. The minimum Gasteiger partial charge on any atom is -0.497 e. The van der Waals surface area contributed by atoms with Gasteiger partial charge in [0.15, 0.2) is 0 Å². The van der Waals surface area contributed by atoms with E-state index in [1.54, 1.807) is 13.3 Å². The number of rotatable bonds is 6. The average molecular weight is 438 g/mol. The van der Waals surface area contributed by atoms with Crippen LogP contribution in [0.4, 0.5) is 0 Å². The Hall–Kier alpha value is -4.32. The molecule has 5 rings (SSSR count). The van der Waals surface area contributed by atoms with Crippen LogP contribution in [0.2, 0.25) is 0 Å². The number of methoxy groups -OCH3 is 1. The maximum Gasteiger partial charge on any atom is 0.327 e. The van der Waals surface area contributed by atoms with Gasteiger partial charge in [0.05, 0.1) is 18.3 Å². The van der Waals surface area contributed by atoms with E-state index in [2.05, 4.69) is 0 Å². The lowest BCUT2D eigenvalue weighted by atomic mass is 10.1. The first-order chi connectivity index (χ1) is 16.1. The molecule has 0 amide bonds. The van der Waals surface area contributed by atoms with Crippen molar-refractivity contribution in [1.29, 1.82) is 0 Å². The Kier molecular flexibility index (Phi) is 5.18. The first kappa shape index (κ1) is 20.6. The number of hydrogen-bond acceptors (Lipinski definition) is 3. The molecule has 0 aliphatic heterocycles. The lowest BCUT2D eigenvalue weighted by Gasteiger charge is -2.19. The molecule has 1 unspecified atom stereocenters. The molecule has 1 N–H and O–H groups in total. The van der Waals surface area contributed by atoms with Crippen molar-refractivity contribution in [2.24, 2.45) is 0 Å². The zero-order chi connectivity index (χ0) is 22.9. The summed E-state index contributed by atoms with van der Waals surface area (Å²) < 4.78 is 8.54. The number of aromatic nitrogens is 2. The van der Waals surface area contributed by atoms with Crippen LogP contribution in [0, 0.1) is 0 Å². The van der Waals surface area contributed by atoms with Gasteiger partial charge in [-0.3, -0.25) is 9.36 Å². The van der Waals surface area contributed by atoms with Gasteiger partial charge in [0.1, 0.15) is 17.3 Å². The molecular formula is C27H22N2O4. The number of carboxylic acid groups (broad SMARTS) is 1. The number of fused-ring (bicyclic) bond motifs is 3. The third-order valence-corrected chi connectivity index (χ3v) is 5.95. The van der Waals surface area contributed by atoms with Crippen molar-refractivity contribution in [3.63, 3.8) is 0 Å². The summed E-state index contributed by atoms with van der Waals surface area (Å²) in [5, 5.41) is 11.0. The second-order valence-corrected chi connectivity index (χ2v) is 7.92. The van der Waals surface area contributed by atoms with Crippen molar-refractivity contribution in [1.82, 2.24) is 8.97 Å². The van der Waals surface area contributed by atoms with Crippen LogP contribution >= 0.6 is 0 Å². The van der Waals surface area contributed by atoms with E-state index in [-0.39, 0.29) is 12.0 Å². The number of para-hydroxylation sites is 1. The van der Waals surface area contributed by atoms with Gasteiger partial charge < -0.3 is 14.2 Å². The Morgan fingerprint density at radius 3 is 2.33 bits per heavy atom. The number of hydrogen-bond donors (Lipinski definition) is 1. The SMILES string of the molecule is COc1ccc(-c2cn(C(Cc3ccccc3)C(=O)O)c(=O)c3cc4ccccc4n23)cc1. The minimum absolute atomic E-state index is 0.203. The summed E-state index contributed by atoms with van der Waals surface area (Å²) in [4.78, 5) is 25.9. The predicted octanol–water partition coefficient (Wildman–Crippen LogP) is 4.80. The van der Waals surface area contributed by atoms with Crippen molar-refractivity contribution >= 4 is 22.4 Å².